The van der Waals surface area contributed by atoms with Gasteiger partial charge >= 0.3 is 0 Å². The highest BCUT2D eigenvalue weighted by molar-refractivity contribution is 7.92. The minimum Gasteiger partial charge on any atom is -0.494 e. The SMILES string of the molecule is CCOc1ccc(NS(=O)(=O)c2c(C)nn(-c3ccc(F)cc3)c2C)cc1. The number of benzene rings is 2. The molecule has 0 aliphatic heterocycles. The third-order valence-electron chi connectivity index (χ3n) is 3.98. The van der Waals surface area contributed by atoms with Crippen LogP contribution in [0.1, 0.15) is 18.3 Å². The number of ether oxygens (including phenoxy) is 1. The summed E-state index contributed by atoms with van der Waals surface area (Å²) in [6.07, 6.45) is 0. The zero-order valence-corrected chi connectivity index (χ0v) is 16.0. The van der Waals surface area contributed by atoms with E-state index in [1.165, 1.54) is 16.8 Å². The highest BCUT2D eigenvalue weighted by Gasteiger charge is 2.25. The molecule has 0 aliphatic carbocycles. The summed E-state index contributed by atoms with van der Waals surface area (Å²) < 4.78 is 48.4. The number of nitrogens with one attached hydrogen (secondary N) is 1. The molecule has 2 aromatic carbocycles. The Morgan fingerprint density at radius 1 is 1.07 bits per heavy atom. The lowest BCUT2D eigenvalue weighted by molar-refractivity contribution is 0.340. The second kappa shape index (κ2) is 7.40. The van der Waals surface area contributed by atoms with Crippen LogP contribution >= 0.6 is 0 Å². The number of sulfonamides is 1. The predicted octanol–water partition coefficient (Wildman–Crippen LogP) is 3.83. The van der Waals surface area contributed by atoms with Crippen molar-refractivity contribution in [2.45, 2.75) is 25.7 Å². The van der Waals surface area contributed by atoms with Crippen molar-refractivity contribution in [3.63, 3.8) is 0 Å². The first kappa shape index (κ1) is 18.9. The lowest BCUT2D eigenvalue weighted by atomic mass is 10.3. The van der Waals surface area contributed by atoms with Crippen molar-refractivity contribution >= 4 is 15.7 Å². The first-order chi connectivity index (χ1) is 12.8. The maximum Gasteiger partial charge on any atom is 0.265 e. The smallest absolute Gasteiger partial charge is 0.265 e. The van der Waals surface area contributed by atoms with E-state index < -0.39 is 10.0 Å². The van der Waals surface area contributed by atoms with Crippen LogP contribution in [0.15, 0.2) is 53.4 Å². The van der Waals surface area contributed by atoms with Gasteiger partial charge in [-0.25, -0.2) is 17.5 Å². The summed E-state index contributed by atoms with van der Waals surface area (Å²) in [6, 6.07) is 12.4. The van der Waals surface area contributed by atoms with E-state index in [1.54, 1.807) is 50.2 Å². The molecule has 1 aromatic heterocycles. The number of aromatic nitrogens is 2. The molecular formula is C19H20FN3O3S. The number of aryl methyl sites for hydroxylation is 1. The van der Waals surface area contributed by atoms with Crippen LogP contribution in [-0.2, 0) is 10.0 Å². The van der Waals surface area contributed by atoms with E-state index in [1.807, 2.05) is 6.92 Å². The van der Waals surface area contributed by atoms with Crippen LogP contribution in [0.2, 0.25) is 0 Å². The van der Waals surface area contributed by atoms with Crippen LogP contribution in [0, 0.1) is 19.7 Å². The molecule has 0 spiro atoms. The first-order valence-corrected chi connectivity index (χ1v) is 9.88. The molecule has 0 unspecified atom stereocenters. The van der Waals surface area contributed by atoms with Gasteiger partial charge in [-0.1, -0.05) is 0 Å². The fourth-order valence-electron chi connectivity index (χ4n) is 2.84. The average molecular weight is 389 g/mol. The van der Waals surface area contributed by atoms with Gasteiger partial charge in [0.25, 0.3) is 10.0 Å². The number of hydrogen-bond acceptors (Lipinski definition) is 4. The predicted molar refractivity (Wildman–Crippen MR) is 101 cm³/mol. The zero-order valence-electron chi connectivity index (χ0n) is 15.2. The lowest BCUT2D eigenvalue weighted by Gasteiger charge is -2.10. The second-order valence-electron chi connectivity index (χ2n) is 5.95. The Kier molecular flexibility index (Phi) is 5.18. The van der Waals surface area contributed by atoms with E-state index in [4.69, 9.17) is 4.74 Å². The molecule has 3 aromatic rings. The molecule has 0 bridgehead atoms. The van der Waals surface area contributed by atoms with Crippen LogP contribution in [0.25, 0.3) is 5.69 Å². The van der Waals surface area contributed by atoms with Crippen molar-refractivity contribution in [1.29, 1.82) is 0 Å². The molecule has 0 fully saturated rings. The molecule has 6 nitrogen and oxygen atoms in total. The van der Waals surface area contributed by atoms with E-state index in [0.29, 0.717) is 35.1 Å². The summed E-state index contributed by atoms with van der Waals surface area (Å²) in [5.41, 5.74) is 1.80. The van der Waals surface area contributed by atoms with Crippen molar-refractivity contribution in [1.82, 2.24) is 9.78 Å². The normalized spacial score (nSPS) is 11.4. The van der Waals surface area contributed by atoms with E-state index >= 15 is 0 Å². The molecule has 1 N–H and O–H groups in total. The third-order valence-corrected chi connectivity index (χ3v) is 5.62. The zero-order chi connectivity index (χ0) is 19.6. The highest BCUT2D eigenvalue weighted by Crippen LogP contribution is 2.25. The van der Waals surface area contributed by atoms with Crippen LogP contribution < -0.4 is 9.46 Å². The molecule has 0 radical (unpaired) electrons. The quantitative estimate of drug-likeness (QED) is 0.695. The molecule has 3 rings (SSSR count). The molecule has 0 atom stereocenters. The first-order valence-electron chi connectivity index (χ1n) is 8.39. The average Bonchev–Trinajstić information content (AvgIpc) is 2.92. The van der Waals surface area contributed by atoms with Gasteiger partial charge in [0.15, 0.2) is 0 Å². The number of halogens is 1. The molecule has 0 saturated carbocycles. The van der Waals surface area contributed by atoms with Crippen LogP contribution in [-0.4, -0.2) is 24.8 Å². The van der Waals surface area contributed by atoms with Gasteiger partial charge in [-0.15, -0.1) is 0 Å². The monoisotopic (exact) mass is 389 g/mol. The van der Waals surface area contributed by atoms with Crippen molar-refractivity contribution in [2.75, 3.05) is 11.3 Å². The Labute approximate surface area is 157 Å². The molecule has 0 amide bonds. The van der Waals surface area contributed by atoms with Crippen molar-refractivity contribution in [2.24, 2.45) is 0 Å². The second-order valence-corrected chi connectivity index (χ2v) is 7.57. The van der Waals surface area contributed by atoms with Gasteiger partial charge in [0, 0.05) is 5.69 Å². The van der Waals surface area contributed by atoms with E-state index in [-0.39, 0.29) is 10.7 Å². The van der Waals surface area contributed by atoms with Gasteiger partial charge in [-0.3, -0.25) is 4.72 Å². The summed E-state index contributed by atoms with van der Waals surface area (Å²) in [5.74, 6) is 0.294. The number of nitrogens with zero attached hydrogens (tertiary/aromatic N) is 2. The molecule has 0 saturated heterocycles. The number of hydrogen-bond donors (Lipinski definition) is 1. The van der Waals surface area contributed by atoms with Gasteiger partial charge in [-0.05, 0) is 69.3 Å². The Morgan fingerprint density at radius 2 is 1.70 bits per heavy atom. The van der Waals surface area contributed by atoms with E-state index in [0.717, 1.165) is 0 Å². The number of anilines is 1. The summed E-state index contributed by atoms with van der Waals surface area (Å²) >= 11 is 0. The molecule has 1 heterocycles. The maximum absolute atomic E-state index is 13.2. The molecule has 8 heteroatoms. The van der Waals surface area contributed by atoms with E-state index in [9.17, 15) is 12.8 Å². The summed E-state index contributed by atoms with van der Waals surface area (Å²) in [4.78, 5) is 0.0979. The van der Waals surface area contributed by atoms with Gasteiger partial charge < -0.3 is 4.74 Å². The summed E-state index contributed by atoms with van der Waals surface area (Å²) in [7, 11) is -3.84. The molecule has 0 aliphatic rings. The highest BCUT2D eigenvalue weighted by atomic mass is 32.2. The number of rotatable bonds is 6. The molecule has 27 heavy (non-hydrogen) atoms. The van der Waals surface area contributed by atoms with E-state index in [2.05, 4.69) is 9.82 Å². The Balaban J connectivity index is 1.93. The summed E-state index contributed by atoms with van der Waals surface area (Å²) in [5, 5.41) is 4.31. The fraction of sp³-hybridized carbons (Fsp3) is 0.211. The van der Waals surface area contributed by atoms with Gasteiger partial charge in [0.1, 0.15) is 16.5 Å². The molecule has 142 valence electrons. The van der Waals surface area contributed by atoms with Crippen molar-refractivity contribution in [3.8, 4) is 11.4 Å². The summed E-state index contributed by atoms with van der Waals surface area (Å²) in [6.45, 7) is 5.70. The standard InChI is InChI=1S/C19H20FN3O3S/c1-4-26-18-11-7-16(8-12-18)22-27(24,25)19-13(2)21-23(14(19)3)17-9-5-15(20)6-10-17/h5-12,22H,4H2,1-3H3. The van der Waals surface area contributed by atoms with Crippen molar-refractivity contribution in [3.05, 3.63) is 65.7 Å². The Morgan fingerprint density at radius 3 is 2.30 bits per heavy atom. The minimum absolute atomic E-state index is 0.0979. The van der Waals surface area contributed by atoms with Crippen molar-refractivity contribution < 1.29 is 17.5 Å². The largest absolute Gasteiger partial charge is 0.494 e. The fourth-order valence-corrected chi connectivity index (χ4v) is 4.30. The van der Waals surface area contributed by atoms with Gasteiger partial charge in [0.05, 0.1) is 23.7 Å². The lowest BCUT2D eigenvalue weighted by Crippen LogP contribution is -2.15. The molecular weight excluding hydrogens is 369 g/mol. The Bertz CT molecular complexity index is 1040. The van der Waals surface area contributed by atoms with Crippen LogP contribution in [0.3, 0.4) is 0 Å². The van der Waals surface area contributed by atoms with Crippen LogP contribution in [0.4, 0.5) is 10.1 Å². The van der Waals surface area contributed by atoms with Crippen LogP contribution in [0.5, 0.6) is 5.75 Å². The third kappa shape index (κ3) is 3.95. The minimum atomic E-state index is -3.84. The Hall–Kier alpha value is -2.87. The van der Waals surface area contributed by atoms with Gasteiger partial charge in [0.2, 0.25) is 0 Å². The topological polar surface area (TPSA) is 73.2 Å². The maximum atomic E-state index is 13.2. The van der Waals surface area contributed by atoms with Gasteiger partial charge in [-0.2, -0.15) is 5.10 Å².